The Labute approximate surface area is 171 Å². The molecule has 0 saturated carbocycles. The van der Waals surface area contributed by atoms with Crippen LogP contribution in [0.15, 0.2) is 46.1 Å². The van der Waals surface area contributed by atoms with E-state index >= 15 is 0 Å². The second kappa shape index (κ2) is 10.1. The summed E-state index contributed by atoms with van der Waals surface area (Å²) in [6.07, 6.45) is 1.13. The summed E-state index contributed by atoms with van der Waals surface area (Å²) in [5.41, 5.74) is 3.93. The first-order valence-corrected chi connectivity index (χ1v) is 9.36. The molecule has 1 fully saturated rings. The van der Waals surface area contributed by atoms with Crippen molar-refractivity contribution < 1.29 is 4.74 Å². The molecule has 0 amide bonds. The van der Waals surface area contributed by atoms with Gasteiger partial charge in [0.2, 0.25) is 0 Å². The molecular weight excluding hydrogens is 445 g/mol. The largest absolute Gasteiger partial charge is 0.370 e. The van der Waals surface area contributed by atoms with Gasteiger partial charge < -0.3 is 15.0 Å². The van der Waals surface area contributed by atoms with Crippen LogP contribution in [0.25, 0.3) is 0 Å². The lowest BCUT2D eigenvalue weighted by molar-refractivity contribution is -0.00829. The number of nitrogens with one attached hydrogen (secondary N) is 1. The topological polar surface area (TPSA) is 36.9 Å². The molecule has 1 aromatic heterocycles. The third kappa shape index (κ3) is 5.43. The maximum absolute atomic E-state index is 6.01. The molecule has 2 aromatic rings. The average Bonchev–Trinajstić information content (AvgIpc) is 3.13. The second-order valence-corrected chi connectivity index (χ2v) is 6.80. The highest BCUT2D eigenvalue weighted by atomic mass is 127. The van der Waals surface area contributed by atoms with Gasteiger partial charge in [0.1, 0.15) is 6.10 Å². The molecular formula is C19H26IN3OS. The van der Waals surface area contributed by atoms with E-state index in [0.29, 0.717) is 0 Å². The van der Waals surface area contributed by atoms with E-state index in [0.717, 1.165) is 38.6 Å². The van der Waals surface area contributed by atoms with Crippen molar-refractivity contribution in [2.45, 2.75) is 19.4 Å². The number of guanidine groups is 1. The highest BCUT2D eigenvalue weighted by molar-refractivity contribution is 14.0. The molecule has 25 heavy (non-hydrogen) atoms. The number of hydrogen-bond donors (Lipinski definition) is 1. The van der Waals surface area contributed by atoms with Crippen LogP contribution in [0.1, 0.15) is 22.8 Å². The number of benzene rings is 1. The minimum atomic E-state index is 0. The Kier molecular flexibility index (Phi) is 8.18. The molecule has 1 unspecified atom stereocenters. The Morgan fingerprint density at radius 2 is 2.20 bits per heavy atom. The first-order chi connectivity index (χ1) is 11.8. The number of thiophene rings is 1. The summed E-state index contributed by atoms with van der Waals surface area (Å²) in [7, 11) is 1.85. The maximum atomic E-state index is 6.01. The molecule has 0 bridgehead atoms. The van der Waals surface area contributed by atoms with Gasteiger partial charge in [-0.2, -0.15) is 11.3 Å². The van der Waals surface area contributed by atoms with Crippen molar-refractivity contribution in [3.05, 3.63) is 57.8 Å². The van der Waals surface area contributed by atoms with Crippen molar-refractivity contribution in [1.29, 1.82) is 0 Å². The lowest BCUT2D eigenvalue weighted by Gasteiger charge is -2.35. The van der Waals surface area contributed by atoms with Crippen LogP contribution in [-0.2, 0) is 11.2 Å². The van der Waals surface area contributed by atoms with Gasteiger partial charge in [0, 0.05) is 20.1 Å². The number of nitrogens with zero attached hydrogens (tertiary/aromatic N) is 2. The van der Waals surface area contributed by atoms with Crippen molar-refractivity contribution in [2.75, 3.05) is 33.3 Å². The van der Waals surface area contributed by atoms with Crippen LogP contribution in [0.2, 0.25) is 0 Å². The van der Waals surface area contributed by atoms with Gasteiger partial charge in [-0.25, -0.2) is 0 Å². The highest BCUT2D eigenvalue weighted by Gasteiger charge is 2.24. The van der Waals surface area contributed by atoms with Crippen LogP contribution in [-0.4, -0.2) is 44.1 Å². The summed E-state index contributed by atoms with van der Waals surface area (Å²) in [5, 5.41) is 7.81. The Hall–Kier alpha value is -1.12. The molecule has 2 heterocycles. The number of ether oxygens (including phenoxy) is 1. The summed E-state index contributed by atoms with van der Waals surface area (Å²) >= 11 is 1.75. The SMILES string of the molecule is CN=C(NCCc1ccsc1)N1CCOC(c2ccccc2C)C1.I. The number of hydrogen-bond acceptors (Lipinski definition) is 3. The predicted octanol–water partition coefficient (Wildman–Crippen LogP) is 3.87. The van der Waals surface area contributed by atoms with Gasteiger partial charge in [0.15, 0.2) is 5.96 Å². The third-order valence-corrected chi connectivity index (χ3v) is 5.12. The van der Waals surface area contributed by atoms with Crippen LogP contribution in [0.4, 0.5) is 0 Å². The van der Waals surface area contributed by atoms with E-state index in [-0.39, 0.29) is 30.1 Å². The summed E-state index contributed by atoms with van der Waals surface area (Å²) in [4.78, 5) is 6.76. The number of halogens is 1. The molecule has 0 spiro atoms. The number of aryl methyl sites for hydroxylation is 1. The number of rotatable bonds is 4. The van der Waals surface area contributed by atoms with Crippen LogP contribution in [0.5, 0.6) is 0 Å². The first kappa shape index (κ1) is 20.2. The van der Waals surface area contributed by atoms with Gasteiger partial charge in [-0.1, -0.05) is 24.3 Å². The lowest BCUT2D eigenvalue weighted by Crippen LogP contribution is -2.48. The van der Waals surface area contributed by atoms with Crippen LogP contribution >= 0.6 is 35.3 Å². The monoisotopic (exact) mass is 471 g/mol. The van der Waals surface area contributed by atoms with Crippen molar-refractivity contribution in [3.8, 4) is 0 Å². The fraction of sp³-hybridized carbons (Fsp3) is 0.421. The Morgan fingerprint density at radius 3 is 2.92 bits per heavy atom. The van der Waals surface area contributed by atoms with E-state index in [4.69, 9.17) is 4.74 Å². The van der Waals surface area contributed by atoms with Gasteiger partial charge in [-0.15, -0.1) is 24.0 Å². The van der Waals surface area contributed by atoms with E-state index in [1.165, 1.54) is 16.7 Å². The first-order valence-electron chi connectivity index (χ1n) is 8.41. The average molecular weight is 471 g/mol. The van der Waals surface area contributed by atoms with Crippen molar-refractivity contribution >= 4 is 41.3 Å². The minimum absolute atomic E-state index is 0. The van der Waals surface area contributed by atoms with Gasteiger partial charge >= 0.3 is 0 Å². The zero-order valence-electron chi connectivity index (χ0n) is 14.8. The molecule has 1 aliphatic rings. The summed E-state index contributed by atoms with van der Waals surface area (Å²) in [6.45, 7) is 5.48. The molecule has 136 valence electrons. The number of morpholine rings is 1. The second-order valence-electron chi connectivity index (χ2n) is 6.02. The normalized spacial score (nSPS) is 17.9. The Morgan fingerprint density at radius 1 is 1.36 bits per heavy atom. The molecule has 1 atom stereocenters. The molecule has 1 aromatic carbocycles. The van der Waals surface area contributed by atoms with Crippen LogP contribution in [0, 0.1) is 6.92 Å². The molecule has 1 N–H and O–H groups in total. The van der Waals surface area contributed by atoms with Crippen molar-refractivity contribution in [2.24, 2.45) is 4.99 Å². The number of aliphatic imine (C=N–C) groups is 1. The Bertz CT molecular complexity index is 675. The molecule has 6 heteroatoms. The van der Waals surface area contributed by atoms with Crippen LogP contribution in [0.3, 0.4) is 0 Å². The van der Waals surface area contributed by atoms with E-state index < -0.39 is 0 Å². The Balaban J connectivity index is 0.00000225. The van der Waals surface area contributed by atoms with Crippen molar-refractivity contribution in [3.63, 3.8) is 0 Å². The summed E-state index contributed by atoms with van der Waals surface area (Å²) in [6, 6.07) is 10.6. The smallest absolute Gasteiger partial charge is 0.193 e. The summed E-state index contributed by atoms with van der Waals surface area (Å²) in [5.74, 6) is 0.965. The zero-order chi connectivity index (χ0) is 16.8. The molecule has 0 aliphatic carbocycles. The minimum Gasteiger partial charge on any atom is -0.370 e. The third-order valence-electron chi connectivity index (χ3n) is 4.39. The van der Waals surface area contributed by atoms with Crippen LogP contribution < -0.4 is 5.32 Å². The molecule has 1 aliphatic heterocycles. The fourth-order valence-electron chi connectivity index (χ4n) is 3.06. The predicted molar refractivity (Wildman–Crippen MR) is 116 cm³/mol. The van der Waals surface area contributed by atoms with Gasteiger partial charge in [-0.05, 0) is 46.9 Å². The molecule has 4 nitrogen and oxygen atoms in total. The fourth-order valence-corrected chi connectivity index (χ4v) is 3.77. The van der Waals surface area contributed by atoms with Gasteiger partial charge in [0.25, 0.3) is 0 Å². The lowest BCUT2D eigenvalue weighted by atomic mass is 10.0. The molecule has 1 saturated heterocycles. The van der Waals surface area contributed by atoms with E-state index in [2.05, 4.69) is 63.2 Å². The highest BCUT2D eigenvalue weighted by Crippen LogP contribution is 2.24. The van der Waals surface area contributed by atoms with Crippen molar-refractivity contribution in [1.82, 2.24) is 10.2 Å². The van der Waals surface area contributed by atoms with Gasteiger partial charge in [0.05, 0.1) is 13.2 Å². The van der Waals surface area contributed by atoms with E-state index in [9.17, 15) is 0 Å². The van der Waals surface area contributed by atoms with E-state index in [1.54, 1.807) is 11.3 Å². The van der Waals surface area contributed by atoms with E-state index in [1.807, 2.05) is 7.05 Å². The quantitative estimate of drug-likeness (QED) is 0.418. The zero-order valence-corrected chi connectivity index (χ0v) is 17.9. The maximum Gasteiger partial charge on any atom is 0.193 e. The summed E-state index contributed by atoms with van der Waals surface area (Å²) < 4.78 is 6.01. The molecule has 0 radical (unpaired) electrons. The standard InChI is InChI=1S/C19H25N3OS.HI/c1-15-5-3-4-6-17(15)18-13-22(10-11-23-18)19(20-2)21-9-7-16-8-12-24-14-16;/h3-6,8,12,14,18H,7,9-11,13H2,1-2H3,(H,20,21);1H. The van der Waals surface area contributed by atoms with Gasteiger partial charge in [-0.3, -0.25) is 4.99 Å². The molecule has 3 rings (SSSR count).